The van der Waals surface area contributed by atoms with E-state index in [1.165, 1.54) is 18.2 Å². The van der Waals surface area contributed by atoms with Gasteiger partial charge in [0.15, 0.2) is 0 Å². The Morgan fingerprint density at radius 2 is 2.05 bits per heavy atom. The van der Waals surface area contributed by atoms with E-state index in [2.05, 4.69) is 15.9 Å². The average Bonchev–Trinajstić information content (AvgIpc) is 2.41. The van der Waals surface area contributed by atoms with E-state index in [4.69, 9.17) is 16.3 Å². The number of hydrogen-bond acceptors (Lipinski definition) is 4. The highest BCUT2D eigenvalue weighted by Crippen LogP contribution is 2.27. The quantitative estimate of drug-likeness (QED) is 0.662. The summed E-state index contributed by atoms with van der Waals surface area (Å²) in [5.74, 6) is -0.567. The number of carbonyl (C=O) groups excluding carboxylic acids is 1. The lowest BCUT2D eigenvalue weighted by Crippen LogP contribution is -2.37. The number of esters is 1. The van der Waals surface area contributed by atoms with E-state index >= 15 is 0 Å². The monoisotopic (exact) mass is 397 g/mol. The first-order chi connectivity index (χ1) is 9.82. The minimum atomic E-state index is -3.77. The van der Waals surface area contributed by atoms with Crippen molar-refractivity contribution in [3.8, 4) is 0 Å². The standard InChI is InChI=1S/C13H17BrClNO4S/c1-3-7-16(9-13(17)20-4-2)21(18,19)10-5-6-12(15)11(14)8-10/h5-6,8H,3-4,7,9H2,1-2H3. The minimum Gasteiger partial charge on any atom is -0.465 e. The molecule has 1 rings (SSSR count). The van der Waals surface area contributed by atoms with Gasteiger partial charge in [0.05, 0.1) is 16.5 Å². The van der Waals surface area contributed by atoms with Crippen molar-refractivity contribution in [3.05, 3.63) is 27.7 Å². The van der Waals surface area contributed by atoms with E-state index in [1.54, 1.807) is 6.92 Å². The van der Waals surface area contributed by atoms with Gasteiger partial charge in [0, 0.05) is 11.0 Å². The van der Waals surface area contributed by atoms with Gasteiger partial charge in [-0.25, -0.2) is 8.42 Å². The Balaban J connectivity index is 3.09. The molecule has 0 fully saturated rings. The molecule has 1 aromatic carbocycles. The molecule has 0 saturated carbocycles. The van der Waals surface area contributed by atoms with Crippen molar-refractivity contribution in [2.24, 2.45) is 0 Å². The van der Waals surface area contributed by atoms with E-state index in [1.807, 2.05) is 6.92 Å². The minimum absolute atomic E-state index is 0.0801. The van der Waals surface area contributed by atoms with Crippen LogP contribution in [-0.2, 0) is 19.6 Å². The van der Waals surface area contributed by atoms with Crippen LogP contribution in [0.2, 0.25) is 5.02 Å². The molecule has 5 nitrogen and oxygen atoms in total. The van der Waals surface area contributed by atoms with Gasteiger partial charge in [0.1, 0.15) is 6.54 Å². The van der Waals surface area contributed by atoms with Crippen molar-refractivity contribution in [1.82, 2.24) is 4.31 Å². The van der Waals surface area contributed by atoms with Crippen LogP contribution in [0, 0.1) is 0 Å². The molecule has 0 radical (unpaired) electrons. The molecule has 21 heavy (non-hydrogen) atoms. The third kappa shape index (κ3) is 4.95. The lowest BCUT2D eigenvalue weighted by Gasteiger charge is -2.20. The Hall–Kier alpha value is -0.630. The van der Waals surface area contributed by atoms with Gasteiger partial charge in [-0.05, 0) is 47.5 Å². The third-order valence-electron chi connectivity index (χ3n) is 2.61. The summed E-state index contributed by atoms with van der Waals surface area (Å²) in [6, 6.07) is 4.33. The fraction of sp³-hybridized carbons (Fsp3) is 0.462. The number of sulfonamides is 1. The molecular weight excluding hydrogens is 382 g/mol. The maximum atomic E-state index is 12.6. The molecule has 0 atom stereocenters. The first-order valence-corrected chi connectivity index (χ1v) is 9.04. The Kier molecular flexibility index (Phi) is 7.12. The Labute approximate surface area is 138 Å². The summed E-state index contributed by atoms with van der Waals surface area (Å²) in [6.07, 6.45) is 0.591. The predicted octanol–water partition coefficient (Wildman–Crippen LogP) is 3.07. The van der Waals surface area contributed by atoms with Gasteiger partial charge >= 0.3 is 5.97 Å². The van der Waals surface area contributed by atoms with Gasteiger partial charge in [0.25, 0.3) is 0 Å². The largest absolute Gasteiger partial charge is 0.465 e. The van der Waals surface area contributed by atoms with Crippen molar-refractivity contribution in [1.29, 1.82) is 0 Å². The van der Waals surface area contributed by atoms with Crippen LogP contribution in [0.15, 0.2) is 27.6 Å². The van der Waals surface area contributed by atoms with Gasteiger partial charge in [-0.3, -0.25) is 4.79 Å². The Morgan fingerprint density at radius 3 is 2.57 bits per heavy atom. The van der Waals surface area contributed by atoms with Crippen molar-refractivity contribution in [3.63, 3.8) is 0 Å². The molecule has 0 aliphatic rings. The molecule has 0 unspecified atom stereocenters. The zero-order valence-electron chi connectivity index (χ0n) is 11.8. The number of carbonyl (C=O) groups is 1. The van der Waals surface area contributed by atoms with Gasteiger partial charge in [-0.15, -0.1) is 0 Å². The van der Waals surface area contributed by atoms with Crippen LogP contribution in [0.4, 0.5) is 0 Å². The first-order valence-electron chi connectivity index (χ1n) is 6.43. The molecule has 0 saturated heterocycles. The zero-order valence-corrected chi connectivity index (χ0v) is 15.0. The fourth-order valence-corrected chi connectivity index (χ4v) is 3.82. The highest BCUT2D eigenvalue weighted by atomic mass is 79.9. The number of rotatable bonds is 7. The van der Waals surface area contributed by atoms with Crippen molar-refractivity contribution >= 4 is 43.5 Å². The molecular formula is C13H17BrClNO4S. The number of benzene rings is 1. The molecule has 0 amide bonds. The second-order valence-corrected chi connectivity index (χ2v) is 7.42. The summed E-state index contributed by atoms with van der Waals surface area (Å²) in [7, 11) is -3.77. The summed E-state index contributed by atoms with van der Waals surface area (Å²) in [5, 5.41) is 0.418. The smallest absolute Gasteiger partial charge is 0.321 e. The van der Waals surface area contributed by atoms with Crippen LogP contribution in [0.25, 0.3) is 0 Å². The summed E-state index contributed by atoms with van der Waals surface area (Å²) in [6.45, 7) is 3.66. The Morgan fingerprint density at radius 1 is 1.38 bits per heavy atom. The van der Waals surface area contributed by atoms with Gasteiger partial charge in [-0.2, -0.15) is 4.31 Å². The molecule has 0 bridgehead atoms. The van der Waals surface area contributed by atoms with Crippen LogP contribution < -0.4 is 0 Å². The van der Waals surface area contributed by atoms with Gasteiger partial charge in [0.2, 0.25) is 10.0 Å². The van der Waals surface area contributed by atoms with Crippen molar-refractivity contribution in [2.75, 3.05) is 19.7 Å². The number of nitrogens with zero attached hydrogens (tertiary/aromatic N) is 1. The topological polar surface area (TPSA) is 63.7 Å². The normalized spacial score (nSPS) is 11.7. The molecule has 0 aliphatic heterocycles. The SMILES string of the molecule is CCCN(CC(=O)OCC)S(=O)(=O)c1ccc(Cl)c(Br)c1. The Bertz CT molecular complexity index is 606. The molecule has 8 heteroatoms. The summed E-state index contributed by atoms with van der Waals surface area (Å²) >= 11 is 9.06. The van der Waals surface area contributed by atoms with Crippen molar-refractivity contribution < 1.29 is 17.9 Å². The molecule has 0 aromatic heterocycles. The van der Waals surface area contributed by atoms with Gasteiger partial charge < -0.3 is 4.74 Å². The zero-order chi connectivity index (χ0) is 16.0. The van der Waals surface area contributed by atoms with Crippen LogP contribution in [0.5, 0.6) is 0 Å². The molecule has 0 spiro atoms. The number of halogens is 2. The summed E-state index contributed by atoms with van der Waals surface area (Å²) in [4.78, 5) is 11.6. The van der Waals surface area contributed by atoms with Crippen LogP contribution >= 0.6 is 27.5 Å². The number of ether oxygens (including phenoxy) is 1. The van der Waals surface area contributed by atoms with Crippen LogP contribution in [-0.4, -0.2) is 38.4 Å². The van der Waals surface area contributed by atoms with E-state index in [0.717, 1.165) is 4.31 Å². The lowest BCUT2D eigenvalue weighted by molar-refractivity contribution is -0.143. The summed E-state index contributed by atoms with van der Waals surface area (Å²) in [5.41, 5.74) is 0. The predicted molar refractivity (Wildman–Crippen MR) is 84.8 cm³/mol. The molecule has 0 heterocycles. The second kappa shape index (κ2) is 8.12. The summed E-state index contributed by atoms with van der Waals surface area (Å²) < 4.78 is 31.6. The van der Waals surface area contributed by atoms with Crippen LogP contribution in [0.1, 0.15) is 20.3 Å². The highest BCUT2D eigenvalue weighted by Gasteiger charge is 2.26. The first kappa shape index (κ1) is 18.4. The molecule has 0 N–H and O–H groups in total. The molecule has 0 aliphatic carbocycles. The van der Waals surface area contributed by atoms with Crippen molar-refractivity contribution in [2.45, 2.75) is 25.2 Å². The molecule has 1 aromatic rings. The van der Waals surface area contributed by atoms with E-state index in [9.17, 15) is 13.2 Å². The third-order valence-corrected chi connectivity index (χ3v) is 5.67. The lowest BCUT2D eigenvalue weighted by atomic mass is 10.4. The van der Waals surface area contributed by atoms with Crippen LogP contribution in [0.3, 0.4) is 0 Å². The van der Waals surface area contributed by atoms with E-state index in [0.29, 0.717) is 15.9 Å². The maximum Gasteiger partial charge on any atom is 0.321 e. The average molecular weight is 399 g/mol. The number of hydrogen-bond donors (Lipinski definition) is 0. The van der Waals surface area contributed by atoms with E-state index in [-0.39, 0.29) is 24.6 Å². The van der Waals surface area contributed by atoms with Gasteiger partial charge in [-0.1, -0.05) is 18.5 Å². The molecule has 118 valence electrons. The highest BCUT2D eigenvalue weighted by molar-refractivity contribution is 9.10. The maximum absolute atomic E-state index is 12.6. The fourth-order valence-electron chi connectivity index (χ4n) is 1.67. The van der Waals surface area contributed by atoms with E-state index < -0.39 is 16.0 Å². The second-order valence-electron chi connectivity index (χ2n) is 4.22.